The van der Waals surface area contributed by atoms with Gasteiger partial charge in [-0.2, -0.15) is 0 Å². The first kappa shape index (κ1) is 21.7. The lowest BCUT2D eigenvalue weighted by molar-refractivity contribution is -0.132. The van der Waals surface area contributed by atoms with Gasteiger partial charge in [-0.3, -0.25) is 9.79 Å². The largest absolute Gasteiger partial charge is 0.383 e. The van der Waals surface area contributed by atoms with Crippen LogP contribution >= 0.6 is 24.0 Å². The number of halogens is 1. The molecule has 0 aromatic heterocycles. The molecule has 6 nitrogen and oxygen atoms in total. The fourth-order valence-corrected chi connectivity index (χ4v) is 2.89. The SMILES string of the molecule is COCC(C)NC(N)=NCCCC(=O)N1CCc2ccccc2C1.I. The van der Waals surface area contributed by atoms with E-state index in [1.54, 1.807) is 7.11 Å². The van der Waals surface area contributed by atoms with Gasteiger partial charge < -0.3 is 20.7 Å². The molecule has 1 aliphatic rings. The zero-order valence-electron chi connectivity index (χ0n) is 15.0. The predicted molar refractivity (Wildman–Crippen MR) is 111 cm³/mol. The van der Waals surface area contributed by atoms with E-state index in [2.05, 4.69) is 28.5 Å². The maximum Gasteiger partial charge on any atom is 0.222 e. The van der Waals surface area contributed by atoms with E-state index in [4.69, 9.17) is 10.5 Å². The third-order valence-electron chi connectivity index (χ3n) is 4.13. The molecule has 1 aromatic rings. The minimum Gasteiger partial charge on any atom is -0.383 e. The van der Waals surface area contributed by atoms with Crippen molar-refractivity contribution in [3.05, 3.63) is 35.4 Å². The highest BCUT2D eigenvalue weighted by Gasteiger charge is 2.19. The zero-order valence-corrected chi connectivity index (χ0v) is 17.4. The average molecular weight is 460 g/mol. The van der Waals surface area contributed by atoms with Crippen molar-refractivity contribution in [3.63, 3.8) is 0 Å². The van der Waals surface area contributed by atoms with E-state index in [0.717, 1.165) is 19.5 Å². The first-order valence-electron chi connectivity index (χ1n) is 8.50. The number of benzene rings is 1. The van der Waals surface area contributed by atoms with Gasteiger partial charge in [0.25, 0.3) is 0 Å². The smallest absolute Gasteiger partial charge is 0.222 e. The molecule has 1 heterocycles. The lowest BCUT2D eigenvalue weighted by atomic mass is 9.99. The normalized spacial score (nSPS) is 15.1. The molecule has 2 rings (SSSR count). The molecule has 0 radical (unpaired) electrons. The minimum atomic E-state index is 0. The van der Waals surface area contributed by atoms with Crippen LogP contribution in [0.4, 0.5) is 0 Å². The van der Waals surface area contributed by atoms with Gasteiger partial charge in [0, 0.05) is 39.2 Å². The molecule has 0 spiro atoms. The molecule has 0 bridgehead atoms. The summed E-state index contributed by atoms with van der Waals surface area (Å²) in [6.07, 6.45) is 2.15. The number of ether oxygens (including phenoxy) is 1. The lowest BCUT2D eigenvalue weighted by Gasteiger charge is -2.28. The number of carbonyl (C=O) groups is 1. The van der Waals surface area contributed by atoms with E-state index in [1.807, 2.05) is 17.9 Å². The van der Waals surface area contributed by atoms with Gasteiger partial charge in [0.15, 0.2) is 5.96 Å². The van der Waals surface area contributed by atoms with Crippen LogP contribution in [0.5, 0.6) is 0 Å². The second kappa shape index (κ2) is 11.3. The van der Waals surface area contributed by atoms with Gasteiger partial charge in [-0.1, -0.05) is 24.3 Å². The molecular weight excluding hydrogens is 431 g/mol. The molecule has 25 heavy (non-hydrogen) atoms. The number of nitrogens with one attached hydrogen (secondary N) is 1. The Morgan fingerprint density at radius 3 is 2.84 bits per heavy atom. The van der Waals surface area contributed by atoms with E-state index in [1.165, 1.54) is 11.1 Å². The summed E-state index contributed by atoms with van der Waals surface area (Å²) in [5, 5.41) is 3.05. The van der Waals surface area contributed by atoms with Crippen LogP contribution in [0.1, 0.15) is 30.9 Å². The van der Waals surface area contributed by atoms with Crippen LogP contribution in [-0.2, 0) is 22.5 Å². The van der Waals surface area contributed by atoms with Crippen LogP contribution in [0.15, 0.2) is 29.3 Å². The Morgan fingerprint density at radius 2 is 2.12 bits per heavy atom. The van der Waals surface area contributed by atoms with Crippen molar-refractivity contribution in [2.75, 3.05) is 26.8 Å². The number of rotatable bonds is 7. The molecule has 1 aliphatic heterocycles. The van der Waals surface area contributed by atoms with Crippen LogP contribution in [0.25, 0.3) is 0 Å². The van der Waals surface area contributed by atoms with Crippen LogP contribution in [0.3, 0.4) is 0 Å². The Labute approximate surface area is 167 Å². The Morgan fingerprint density at radius 1 is 1.40 bits per heavy atom. The third kappa shape index (κ3) is 7.19. The van der Waals surface area contributed by atoms with E-state index in [-0.39, 0.29) is 35.9 Å². The number of guanidine groups is 1. The Balaban J connectivity index is 0.00000312. The second-order valence-electron chi connectivity index (χ2n) is 6.21. The van der Waals surface area contributed by atoms with E-state index < -0.39 is 0 Å². The number of fused-ring (bicyclic) bond motifs is 1. The lowest BCUT2D eigenvalue weighted by Crippen LogP contribution is -2.40. The summed E-state index contributed by atoms with van der Waals surface area (Å²) in [6, 6.07) is 8.45. The van der Waals surface area contributed by atoms with E-state index >= 15 is 0 Å². The van der Waals surface area contributed by atoms with Crippen LogP contribution in [-0.4, -0.2) is 49.6 Å². The van der Waals surface area contributed by atoms with Crippen LogP contribution < -0.4 is 11.1 Å². The summed E-state index contributed by atoms with van der Waals surface area (Å²) >= 11 is 0. The third-order valence-corrected chi connectivity index (χ3v) is 4.13. The van der Waals surface area contributed by atoms with E-state index in [0.29, 0.717) is 32.0 Å². The van der Waals surface area contributed by atoms with Crippen molar-refractivity contribution in [1.82, 2.24) is 10.2 Å². The molecule has 0 fully saturated rings. The standard InChI is InChI=1S/C18H28N4O2.HI/c1-14(13-24-2)21-18(19)20-10-5-8-17(23)22-11-9-15-6-3-4-7-16(15)12-22;/h3-4,6-7,14H,5,8-13H2,1-2H3,(H3,19,20,21);1H. The summed E-state index contributed by atoms with van der Waals surface area (Å²) in [5.74, 6) is 0.595. The van der Waals surface area contributed by atoms with Gasteiger partial charge in [0.1, 0.15) is 0 Å². The number of methoxy groups -OCH3 is 1. The topological polar surface area (TPSA) is 80.0 Å². The molecular formula is C18H29IN4O2. The number of hydrogen-bond acceptors (Lipinski definition) is 3. The molecule has 3 N–H and O–H groups in total. The van der Waals surface area contributed by atoms with Crippen LogP contribution in [0, 0.1) is 0 Å². The predicted octanol–water partition coefficient (Wildman–Crippen LogP) is 1.91. The van der Waals surface area contributed by atoms with E-state index in [9.17, 15) is 4.79 Å². The van der Waals surface area contributed by atoms with Gasteiger partial charge in [-0.15, -0.1) is 24.0 Å². The number of carbonyl (C=O) groups excluding carboxylic acids is 1. The van der Waals surface area contributed by atoms with Gasteiger partial charge in [0.2, 0.25) is 5.91 Å². The van der Waals surface area contributed by atoms with Crippen molar-refractivity contribution >= 4 is 35.8 Å². The van der Waals surface area contributed by atoms with Gasteiger partial charge in [0.05, 0.1) is 6.61 Å². The van der Waals surface area contributed by atoms with Crippen molar-refractivity contribution in [3.8, 4) is 0 Å². The summed E-state index contributed by atoms with van der Waals surface area (Å²) < 4.78 is 5.03. The molecule has 0 saturated carbocycles. The quantitative estimate of drug-likeness (QED) is 0.282. The Bertz CT molecular complexity index is 580. The maximum atomic E-state index is 12.3. The summed E-state index contributed by atoms with van der Waals surface area (Å²) in [5.41, 5.74) is 8.42. The molecule has 0 aliphatic carbocycles. The Kier molecular flexibility index (Phi) is 9.81. The molecule has 1 amide bonds. The first-order valence-corrected chi connectivity index (χ1v) is 8.50. The number of amides is 1. The highest BCUT2D eigenvalue weighted by Crippen LogP contribution is 2.19. The van der Waals surface area contributed by atoms with Crippen molar-refractivity contribution in [2.24, 2.45) is 10.7 Å². The van der Waals surface area contributed by atoms with Crippen molar-refractivity contribution < 1.29 is 9.53 Å². The molecule has 1 atom stereocenters. The summed E-state index contributed by atoms with van der Waals surface area (Å²) in [6.45, 7) is 4.62. The highest BCUT2D eigenvalue weighted by molar-refractivity contribution is 14.0. The number of nitrogens with two attached hydrogens (primary N) is 1. The van der Waals surface area contributed by atoms with Crippen molar-refractivity contribution in [2.45, 2.75) is 38.8 Å². The average Bonchev–Trinajstić information content (AvgIpc) is 2.58. The fourth-order valence-electron chi connectivity index (χ4n) is 2.89. The van der Waals surface area contributed by atoms with Gasteiger partial charge >= 0.3 is 0 Å². The fraction of sp³-hybridized carbons (Fsp3) is 0.556. The molecule has 140 valence electrons. The number of hydrogen-bond donors (Lipinski definition) is 2. The summed E-state index contributed by atoms with van der Waals surface area (Å²) in [7, 11) is 1.65. The first-order chi connectivity index (χ1) is 11.6. The Hall–Kier alpha value is -1.35. The molecule has 7 heteroatoms. The van der Waals surface area contributed by atoms with Crippen molar-refractivity contribution in [1.29, 1.82) is 0 Å². The minimum absolute atomic E-state index is 0. The number of nitrogens with zero attached hydrogens (tertiary/aromatic N) is 2. The maximum absolute atomic E-state index is 12.3. The molecule has 1 unspecified atom stereocenters. The van der Waals surface area contributed by atoms with Crippen LogP contribution in [0.2, 0.25) is 0 Å². The monoisotopic (exact) mass is 460 g/mol. The number of aliphatic imine (C=N–C) groups is 1. The second-order valence-corrected chi connectivity index (χ2v) is 6.21. The van der Waals surface area contributed by atoms with Gasteiger partial charge in [-0.05, 0) is 30.9 Å². The highest BCUT2D eigenvalue weighted by atomic mass is 127. The van der Waals surface area contributed by atoms with Gasteiger partial charge in [-0.25, -0.2) is 0 Å². The molecule has 0 saturated heterocycles. The zero-order chi connectivity index (χ0) is 17.4. The molecule has 1 aromatic carbocycles. The summed E-state index contributed by atoms with van der Waals surface area (Å²) in [4.78, 5) is 18.5.